The Labute approximate surface area is 199 Å². The number of carbonyl (C=O) groups excluding carboxylic acids is 2. The first-order chi connectivity index (χ1) is 16.6. The Kier molecular flexibility index (Phi) is 7.88. The highest BCUT2D eigenvalue weighted by Gasteiger charge is 2.31. The number of aryl methyl sites for hydroxylation is 1. The van der Waals surface area contributed by atoms with Crippen molar-refractivity contribution < 1.29 is 19.1 Å². The highest BCUT2D eigenvalue weighted by atomic mass is 16.5. The maximum Gasteiger partial charge on any atom is 0.261 e. The zero-order valence-electron chi connectivity index (χ0n) is 19.3. The number of aromatic nitrogens is 1. The highest BCUT2D eigenvalue weighted by Crippen LogP contribution is 2.15. The van der Waals surface area contributed by atoms with Crippen molar-refractivity contribution in [1.29, 1.82) is 0 Å². The van der Waals surface area contributed by atoms with Crippen LogP contribution in [0.25, 0.3) is 0 Å². The van der Waals surface area contributed by atoms with Gasteiger partial charge in [-0.1, -0.05) is 54.1 Å². The summed E-state index contributed by atoms with van der Waals surface area (Å²) in [5.41, 5.74) is 2.94. The molecule has 2 amide bonds. The average Bonchev–Trinajstić information content (AvgIpc) is 3.02. The van der Waals surface area contributed by atoms with E-state index in [0.717, 1.165) is 16.8 Å². The van der Waals surface area contributed by atoms with Crippen molar-refractivity contribution in [2.45, 2.75) is 26.2 Å². The molecule has 0 radical (unpaired) electrons. The van der Waals surface area contributed by atoms with E-state index in [0.29, 0.717) is 32.0 Å². The van der Waals surface area contributed by atoms with Gasteiger partial charge in [0.1, 0.15) is 5.75 Å². The minimum atomic E-state index is -0.347. The summed E-state index contributed by atoms with van der Waals surface area (Å²) >= 11 is 0. The Hall–Kier alpha value is -3.71. The molecule has 176 valence electrons. The third-order valence-corrected chi connectivity index (χ3v) is 5.67. The molecule has 4 rings (SSSR count). The predicted octanol–water partition coefficient (Wildman–Crippen LogP) is 3.23. The Morgan fingerprint density at radius 1 is 1.00 bits per heavy atom. The Morgan fingerprint density at radius 3 is 2.50 bits per heavy atom. The molecule has 0 N–H and O–H groups in total. The van der Waals surface area contributed by atoms with E-state index in [1.807, 2.05) is 79.7 Å². The van der Waals surface area contributed by atoms with Gasteiger partial charge in [-0.15, -0.1) is 0 Å². The van der Waals surface area contributed by atoms with Crippen LogP contribution in [0.1, 0.15) is 16.8 Å². The van der Waals surface area contributed by atoms with Crippen molar-refractivity contribution in [2.24, 2.45) is 0 Å². The average molecular weight is 460 g/mol. The quantitative estimate of drug-likeness (QED) is 0.517. The number of nitrogens with zero attached hydrogens (tertiary/aromatic N) is 3. The second-order valence-electron chi connectivity index (χ2n) is 8.39. The summed E-state index contributed by atoms with van der Waals surface area (Å²) in [6, 6.07) is 23.0. The summed E-state index contributed by atoms with van der Waals surface area (Å²) in [6.07, 6.45) is 1.37. The van der Waals surface area contributed by atoms with Crippen LogP contribution in [0, 0.1) is 6.92 Å². The summed E-state index contributed by atoms with van der Waals surface area (Å²) in [7, 11) is 0. The normalized spacial score (nSPS) is 16.3. The fourth-order valence-corrected chi connectivity index (χ4v) is 3.79. The number of ether oxygens (including phenoxy) is 2. The molecule has 3 aromatic rings. The molecule has 1 aliphatic heterocycles. The van der Waals surface area contributed by atoms with E-state index in [1.54, 1.807) is 11.1 Å². The number of rotatable bonds is 8. The van der Waals surface area contributed by atoms with Crippen molar-refractivity contribution in [2.75, 3.05) is 26.2 Å². The van der Waals surface area contributed by atoms with E-state index >= 15 is 0 Å². The molecule has 2 aromatic carbocycles. The molecule has 0 saturated carbocycles. The molecule has 1 unspecified atom stereocenters. The lowest BCUT2D eigenvalue weighted by molar-refractivity contribution is -0.140. The van der Waals surface area contributed by atoms with Crippen molar-refractivity contribution in [3.8, 4) is 5.75 Å². The van der Waals surface area contributed by atoms with Gasteiger partial charge < -0.3 is 19.3 Å². The van der Waals surface area contributed by atoms with Gasteiger partial charge in [0.25, 0.3) is 5.91 Å². The maximum atomic E-state index is 13.1. The highest BCUT2D eigenvalue weighted by molar-refractivity contribution is 5.86. The molecule has 2 heterocycles. The largest absolute Gasteiger partial charge is 0.484 e. The molecule has 0 bridgehead atoms. The lowest BCUT2D eigenvalue weighted by Crippen LogP contribution is -2.42. The first-order valence-electron chi connectivity index (χ1n) is 11.4. The molecule has 1 aliphatic rings. The third-order valence-electron chi connectivity index (χ3n) is 5.67. The molecule has 1 fully saturated rings. The Morgan fingerprint density at radius 2 is 1.76 bits per heavy atom. The van der Waals surface area contributed by atoms with Crippen LogP contribution in [-0.2, 0) is 27.5 Å². The number of pyridine rings is 1. The number of carbonyl (C=O) groups is 2. The third kappa shape index (κ3) is 6.65. The lowest BCUT2D eigenvalue weighted by atomic mass is 10.2. The molecular weight excluding hydrogens is 430 g/mol. The van der Waals surface area contributed by atoms with Crippen LogP contribution in [0.15, 0.2) is 79.0 Å². The summed E-state index contributed by atoms with van der Waals surface area (Å²) < 4.78 is 11.8. The first-order valence-corrected chi connectivity index (χ1v) is 11.4. The first kappa shape index (κ1) is 23.4. The maximum absolute atomic E-state index is 13.1. The summed E-state index contributed by atoms with van der Waals surface area (Å²) in [6.45, 7) is 3.31. The zero-order valence-corrected chi connectivity index (χ0v) is 19.3. The van der Waals surface area contributed by atoms with E-state index < -0.39 is 0 Å². The van der Waals surface area contributed by atoms with E-state index in [1.165, 1.54) is 4.90 Å². The van der Waals surface area contributed by atoms with Crippen LogP contribution >= 0.6 is 0 Å². The van der Waals surface area contributed by atoms with Gasteiger partial charge in [-0.05, 0) is 36.8 Å². The molecule has 1 atom stereocenters. The minimum Gasteiger partial charge on any atom is -0.484 e. The van der Waals surface area contributed by atoms with Crippen LogP contribution < -0.4 is 4.74 Å². The second-order valence-corrected chi connectivity index (χ2v) is 8.39. The Balaban J connectivity index is 1.44. The van der Waals surface area contributed by atoms with E-state index in [-0.39, 0.29) is 31.1 Å². The van der Waals surface area contributed by atoms with Gasteiger partial charge in [0, 0.05) is 25.8 Å². The number of hydrogen-bond acceptors (Lipinski definition) is 5. The molecule has 0 spiro atoms. The van der Waals surface area contributed by atoms with Crippen LogP contribution in [0.5, 0.6) is 5.75 Å². The van der Waals surface area contributed by atoms with Gasteiger partial charge >= 0.3 is 0 Å². The standard InChI is InChI=1S/C27H29N3O4/c1-21-10-12-24(13-11-21)34-20-27(32)30-17-25(33-19-23-9-5-6-14-28-23)16-29(26(31)18-30)15-22-7-3-2-4-8-22/h2-14,25H,15-20H2,1H3. The van der Waals surface area contributed by atoms with Crippen LogP contribution in [0.3, 0.4) is 0 Å². The van der Waals surface area contributed by atoms with E-state index in [4.69, 9.17) is 9.47 Å². The minimum absolute atomic E-state index is 0.00757. The van der Waals surface area contributed by atoms with Crippen molar-refractivity contribution in [3.05, 3.63) is 95.8 Å². The number of amides is 2. The van der Waals surface area contributed by atoms with Crippen molar-refractivity contribution >= 4 is 11.8 Å². The summed E-state index contributed by atoms with van der Waals surface area (Å²) in [5, 5.41) is 0. The molecule has 0 aliphatic carbocycles. The van der Waals surface area contributed by atoms with Crippen molar-refractivity contribution in [1.82, 2.24) is 14.8 Å². The van der Waals surface area contributed by atoms with Gasteiger partial charge in [0.2, 0.25) is 5.91 Å². The van der Waals surface area contributed by atoms with Crippen LogP contribution in [-0.4, -0.2) is 58.9 Å². The smallest absolute Gasteiger partial charge is 0.261 e. The topological polar surface area (TPSA) is 72.0 Å². The van der Waals surface area contributed by atoms with Gasteiger partial charge in [0.15, 0.2) is 6.61 Å². The fourth-order valence-electron chi connectivity index (χ4n) is 3.79. The van der Waals surface area contributed by atoms with Gasteiger partial charge in [-0.2, -0.15) is 0 Å². The summed E-state index contributed by atoms with van der Waals surface area (Å²) in [4.78, 5) is 33.7. The monoisotopic (exact) mass is 459 g/mol. The van der Waals surface area contributed by atoms with Gasteiger partial charge in [-0.3, -0.25) is 14.6 Å². The molecule has 7 heteroatoms. The zero-order chi connectivity index (χ0) is 23.8. The summed E-state index contributed by atoms with van der Waals surface area (Å²) in [5.74, 6) is 0.257. The lowest BCUT2D eigenvalue weighted by Gasteiger charge is -2.25. The molecule has 7 nitrogen and oxygen atoms in total. The predicted molar refractivity (Wildman–Crippen MR) is 128 cm³/mol. The van der Waals surface area contributed by atoms with E-state index in [9.17, 15) is 9.59 Å². The molecule has 1 saturated heterocycles. The fraction of sp³-hybridized carbons (Fsp3) is 0.296. The number of benzene rings is 2. The van der Waals surface area contributed by atoms with Crippen molar-refractivity contribution in [3.63, 3.8) is 0 Å². The van der Waals surface area contributed by atoms with Gasteiger partial charge in [-0.25, -0.2) is 0 Å². The molecular formula is C27H29N3O4. The van der Waals surface area contributed by atoms with Gasteiger partial charge in [0.05, 0.1) is 24.9 Å². The SMILES string of the molecule is Cc1ccc(OCC(=O)N2CC(=O)N(Cc3ccccc3)CC(OCc3ccccn3)C2)cc1. The van der Waals surface area contributed by atoms with Crippen LogP contribution in [0.4, 0.5) is 0 Å². The molecule has 34 heavy (non-hydrogen) atoms. The Bertz CT molecular complexity index is 1070. The van der Waals surface area contributed by atoms with E-state index in [2.05, 4.69) is 4.98 Å². The number of hydrogen-bond donors (Lipinski definition) is 0. The molecule has 1 aromatic heterocycles. The van der Waals surface area contributed by atoms with Crippen LogP contribution in [0.2, 0.25) is 0 Å². The second kappa shape index (κ2) is 11.4.